The first-order valence-corrected chi connectivity index (χ1v) is 6.40. The van der Waals surface area contributed by atoms with Crippen molar-refractivity contribution >= 4 is 6.21 Å². The summed E-state index contributed by atoms with van der Waals surface area (Å²) in [5, 5.41) is 3.22. The molecule has 0 aromatic heterocycles. The minimum atomic E-state index is -0.822. The Hall–Kier alpha value is -1.15. The number of nitrogens with two attached hydrogens (primary N) is 2. The van der Waals surface area contributed by atoms with Gasteiger partial charge in [-0.3, -0.25) is 10.7 Å². The molecule has 0 saturated heterocycles. The summed E-state index contributed by atoms with van der Waals surface area (Å²) in [5.41, 5.74) is 11.7. The lowest BCUT2D eigenvalue weighted by atomic mass is 10.2. The molecule has 7 nitrogen and oxygen atoms in total. The molecule has 7 heteroatoms. The highest BCUT2D eigenvalue weighted by atomic mass is 16.5. The van der Waals surface area contributed by atoms with Crippen molar-refractivity contribution in [2.24, 2.45) is 16.5 Å². The van der Waals surface area contributed by atoms with E-state index in [0.29, 0.717) is 26.2 Å². The van der Waals surface area contributed by atoms with E-state index in [4.69, 9.17) is 20.9 Å². The molecule has 1 heterocycles. The normalized spacial score (nSPS) is 22.0. The number of hydrogen-bond donors (Lipinski definition) is 3. The minimum Gasteiger partial charge on any atom is -0.383 e. The summed E-state index contributed by atoms with van der Waals surface area (Å²) < 4.78 is 10.2. The van der Waals surface area contributed by atoms with Crippen LogP contribution in [0.1, 0.15) is 6.42 Å². The smallest absolute Gasteiger partial charge is 0.184 e. The second kappa shape index (κ2) is 8.11. The van der Waals surface area contributed by atoms with Gasteiger partial charge in [0.25, 0.3) is 0 Å². The fraction of sp³-hybridized carbons (Fsp3) is 0.750. The third kappa shape index (κ3) is 5.15. The Morgan fingerprint density at radius 1 is 1.32 bits per heavy atom. The van der Waals surface area contributed by atoms with Crippen molar-refractivity contribution < 1.29 is 9.47 Å². The van der Waals surface area contributed by atoms with Gasteiger partial charge in [0.15, 0.2) is 5.79 Å². The molecule has 19 heavy (non-hydrogen) atoms. The van der Waals surface area contributed by atoms with E-state index >= 15 is 0 Å². The van der Waals surface area contributed by atoms with Gasteiger partial charge in [0.2, 0.25) is 0 Å². The van der Waals surface area contributed by atoms with Crippen LogP contribution < -0.4 is 16.8 Å². The highest BCUT2D eigenvalue weighted by Gasteiger charge is 2.26. The van der Waals surface area contributed by atoms with Crippen LogP contribution in [0.2, 0.25) is 0 Å². The van der Waals surface area contributed by atoms with Gasteiger partial charge in [0, 0.05) is 39.9 Å². The lowest BCUT2D eigenvalue weighted by Gasteiger charge is -2.36. The maximum Gasteiger partial charge on any atom is 0.184 e. The van der Waals surface area contributed by atoms with Crippen molar-refractivity contribution in [3.63, 3.8) is 0 Å². The van der Waals surface area contributed by atoms with Crippen LogP contribution in [0.3, 0.4) is 0 Å². The largest absolute Gasteiger partial charge is 0.383 e. The van der Waals surface area contributed by atoms with E-state index in [2.05, 4.69) is 15.2 Å². The molecule has 0 saturated carbocycles. The molecule has 0 aromatic rings. The van der Waals surface area contributed by atoms with Gasteiger partial charge in [0.1, 0.15) is 5.82 Å². The summed E-state index contributed by atoms with van der Waals surface area (Å²) in [4.78, 5) is 6.36. The fourth-order valence-corrected chi connectivity index (χ4v) is 1.82. The molecule has 0 aromatic carbocycles. The van der Waals surface area contributed by atoms with Crippen molar-refractivity contribution in [2.45, 2.75) is 12.2 Å². The first-order chi connectivity index (χ1) is 9.15. The molecular weight excluding hydrogens is 246 g/mol. The van der Waals surface area contributed by atoms with Crippen molar-refractivity contribution in [2.75, 3.05) is 47.1 Å². The van der Waals surface area contributed by atoms with Crippen molar-refractivity contribution in [1.82, 2.24) is 10.2 Å². The van der Waals surface area contributed by atoms with E-state index in [1.165, 1.54) is 0 Å². The van der Waals surface area contributed by atoms with Crippen LogP contribution in [0.25, 0.3) is 0 Å². The quantitative estimate of drug-likeness (QED) is 0.500. The van der Waals surface area contributed by atoms with Crippen LogP contribution in [-0.4, -0.2) is 64.0 Å². The number of aliphatic imine (C=N–C) groups is 1. The van der Waals surface area contributed by atoms with Gasteiger partial charge in [0.05, 0.1) is 13.2 Å². The van der Waals surface area contributed by atoms with Crippen LogP contribution in [-0.2, 0) is 9.47 Å². The Kier molecular flexibility index (Phi) is 6.79. The monoisotopic (exact) mass is 271 g/mol. The average Bonchev–Trinajstić information content (AvgIpc) is 2.39. The SMILES string of the molecule is COCCN(CCOC)C1=CC=NC(N)(CCN)N1. The van der Waals surface area contributed by atoms with Crippen LogP contribution in [0.15, 0.2) is 16.9 Å². The van der Waals surface area contributed by atoms with E-state index in [9.17, 15) is 0 Å². The first-order valence-electron chi connectivity index (χ1n) is 6.40. The Balaban J connectivity index is 2.67. The Labute approximate surface area is 114 Å². The first kappa shape index (κ1) is 15.9. The van der Waals surface area contributed by atoms with Gasteiger partial charge in [-0.1, -0.05) is 0 Å². The van der Waals surface area contributed by atoms with E-state index < -0.39 is 5.79 Å². The number of allylic oxidation sites excluding steroid dienone is 1. The molecule has 1 aliphatic heterocycles. The van der Waals surface area contributed by atoms with Crippen molar-refractivity contribution in [3.05, 3.63) is 11.9 Å². The predicted octanol–water partition coefficient (Wildman–Crippen LogP) is -0.942. The van der Waals surface area contributed by atoms with Crippen molar-refractivity contribution in [3.8, 4) is 0 Å². The topological polar surface area (TPSA) is 98.1 Å². The van der Waals surface area contributed by atoms with Crippen LogP contribution >= 0.6 is 0 Å². The molecule has 1 atom stereocenters. The molecule has 0 amide bonds. The molecule has 110 valence electrons. The van der Waals surface area contributed by atoms with Crippen LogP contribution in [0, 0.1) is 0 Å². The predicted molar refractivity (Wildman–Crippen MR) is 75.6 cm³/mol. The van der Waals surface area contributed by atoms with E-state index in [1.54, 1.807) is 20.4 Å². The lowest BCUT2D eigenvalue weighted by molar-refractivity contribution is 0.122. The van der Waals surface area contributed by atoms with Gasteiger partial charge < -0.3 is 25.4 Å². The molecule has 1 rings (SSSR count). The molecule has 0 bridgehead atoms. The average molecular weight is 271 g/mol. The summed E-state index contributed by atoms with van der Waals surface area (Å²) >= 11 is 0. The van der Waals surface area contributed by atoms with Crippen molar-refractivity contribution in [1.29, 1.82) is 0 Å². The molecule has 1 aliphatic rings. The summed E-state index contributed by atoms with van der Waals surface area (Å²) in [6.45, 7) is 3.25. The zero-order chi connectivity index (χ0) is 14.1. The number of ether oxygens (including phenoxy) is 2. The lowest BCUT2D eigenvalue weighted by Crippen LogP contribution is -2.56. The number of rotatable bonds is 9. The van der Waals surface area contributed by atoms with Gasteiger partial charge >= 0.3 is 0 Å². The van der Waals surface area contributed by atoms with E-state index in [1.807, 2.05) is 6.08 Å². The number of nitrogens with one attached hydrogen (secondary N) is 1. The molecule has 1 unspecified atom stereocenters. The highest BCUT2D eigenvalue weighted by molar-refractivity contribution is 5.73. The highest BCUT2D eigenvalue weighted by Crippen LogP contribution is 2.13. The standard InChI is InChI=1S/C12H25N5O2/c1-18-9-7-17(8-10-19-2)11-3-6-15-12(14,16-11)4-5-13/h3,6,16H,4-5,7-10,13-14H2,1-2H3. The summed E-state index contributed by atoms with van der Waals surface area (Å²) in [7, 11) is 3.36. The van der Waals surface area contributed by atoms with E-state index in [0.717, 1.165) is 18.9 Å². The Morgan fingerprint density at radius 2 is 1.95 bits per heavy atom. The second-order valence-corrected chi connectivity index (χ2v) is 4.39. The summed E-state index contributed by atoms with van der Waals surface area (Å²) in [5.74, 6) is 0.0945. The maximum atomic E-state index is 6.14. The number of nitrogens with zero attached hydrogens (tertiary/aromatic N) is 2. The minimum absolute atomic E-state index is 0.476. The molecule has 0 radical (unpaired) electrons. The summed E-state index contributed by atoms with van der Waals surface area (Å²) in [6, 6.07) is 0. The van der Waals surface area contributed by atoms with Crippen LogP contribution in [0.4, 0.5) is 0 Å². The maximum absolute atomic E-state index is 6.14. The Morgan fingerprint density at radius 3 is 2.47 bits per heavy atom. The molecule has 5 N–H and O–H groups in total. The van der Waals surface area contributed by atoms with Gasteiger partial charge in [-0.05, 0) is 12.6 Å². The summed E-state index contributed by atoms with van der Waals surface area (Å²) in [6.07, 6.45) is 4.18. The fourth-order valence-electron chi connectivity index (χ4n) is 1.82. The number of hydrogen-bond acceptors (Lipinski definition) is 7. The molecule has 0 fully saturated rings. The second-order valence-electron chi connectivity index (χ2n) is 4.39. The molecule has 0 aliphatic carbocycles. The van der Waals surface area contributed by atoms with Crippen LogP contribution in [0.5, 0.6) is 0 Å². The zero-order valence-electron chi connectivity index (χ0n) is 11.8. The van der Waals surface area contributed by atoms with Gasteiger partial charge in [-0.2, -0.15) is 0 Å². The van der Waals surface area contributed by atoms with E-state index in [-0.39, 0.29) is 0 Å². The third-order valence-electron chi connectivity index (χ3n) is 2.88. The third-order valence-corrected chi connectivity index (χ3v) is 2.88. The Bertz CT molecular complexity index is 313. The number of methoxy groups -OCH3 is 2. The molecule has 0 spiro atoms. The molecular formula is C12H25N5O2. The van der Waals surface area contributed by atoms with Gasteiger partial charge in [-0.25, -0.2) is 0 Å². The zero-order valence-corrected chi connectivity index (χ0v) is 11.8. The van der Waals surface area contributed by atoms with Gasteiger partial charge in [-0.15, -0.1) is 0 Å².